The Morgan fingerprint density at radius 2 is 2.11 bits per heavy atom. The highest BCUT2D eigenvalue weighted by Crippen LogP contribution is 2.32. The van der Waals surface area contributed by atoms with Crippen LogP contribution in [0, 0.1) is 0 Å². The Morgan fingerprint density at radius 1 is 1.42 bits per heavy atom. The lowest BCUT2D eigenvalue weighted by molar-refractivity contribution is -0.137. The molecule has 0 radical (unpaired) electrons. The predicted molar refractivity (Wildman–Crippen MR) is 65.7 cm³/mol. The summed E-state index contributed by atoms with van der Waals surface area (Å²) >= 11 is 3.08. The first-order chi connectivity index (χ1) is 8.79. The van der Waals surface area contributed by atoms with Gasteiger partial charge < -0.3 is 10.0 Å². The van der Waals surface area contributed by atoms with Crippen molar-refractivity contribution in [3.05, 3.63) is 33.8 Å². The van der Waals surface area contributed by atoms with Crippen molar-refractivity contribution in [3.63, 3.8) is 0 Å². The molecule has 0 spiro atoms. The first-order valence-electron chi connectivity index (χ1n) is 5.63. The van der Waals surface area contributed by atoms with Gasteiger partial charge in [-0.25, -0.2) is 0 Å². The molecule has 0 bridgehead atoms. The number of amides is 1. The summed E-state index contributed by atoms with van der Waals surface area (Å²) in [6, 6.07) is 2.96. The van der Waals surface area contributed by atoms with E-state index in [-0.39, 0.29) is 12.1 Å². The molecule has 19 heavy (non-hydrogen) atoms. The number of hydrogen-bond acceptors (Lipinski definition) is 2. The fourth-order valence-corrected chi connectivity index (χ4v) is 2.38. The molecule has 1 aliphatic heterocycles. The van der Waals surface area contributed by atoms with Crippen molar-refractivity contribution >= 4 is 21.8 Å². The summed E-state index contributed by atoms with van der Waals surface area (Å²) in [4.78, 5) is 13.5. The van der Waals surface area contributed by atoms with E-state index in [1.165, 1.54) is 11.0 Å². The fourth-order valence-electron chi connectivity index (χ4n) is 1.96. The molecule has 1 aliphatic rings. The van der Waals surface area contributed by atoms with Crippen LogP contribution < -0.4 is 0 Å². The van der Waals surface area contributed by atoms with E-state index in [0.29, 0.717) is 17.4 Å². The van der Waals surface area contributed by atoms with Crippen molar-refractivity contribution in [2.75, 3.05) is 13.1 Å². The van der Waals surface area contributed by atoms with Gasteiger partial charge in [-0.1, -0.05) is 0 Å². The second-order valence-corrected chi connectivity index (χ2v) is 5.24. The Bertz CT molecular complexity index is 504. The number of likely N-dealkylation sites (tertiary alicyclic amines) is 1. The first kappa shape index (κ1) is 14.3. The van der Waals surface area contributed by atoms with Gasteiger partial charge in [-0.05, 0) is 40.5 Å². The summed E-state index contributed by atoms with van der Waals surface area (Å²) in [6.45, 7) is 0.504. The molecule has 1 atom stereocenters. The maximum atomic E-state index is 12.6. The zero-order valence-electron chi connectivity index (χ0n) is 9.75. The number of rotatable bonds is 1. The number of halogens is 4. The van der Waals surface area contributed by atoms with Gasteiger partial charge in [0.1, 0.15) is 0 Å². The normalized spacial score (nSPS) is 19.8. The molecule has 7 heteroatoms. The van der Waals surface area contributed by atoms with Gasteiger partial charge in [0.05, 0.1) is 17.2 Å². The van der Waals surface area contributed by atoms with Gasteiger partial charge in [0.25, 0.3) is 5.91 Å². The molecule has 2 rings (SSSR count). The Balaban J connectivity index is 2.31. The highest BCUT2D eigenvalue weighted by atomic mass is 79.9. The molecule has 1 aromatic carbocycles. The third-order valence-electron chi connectivity index (χ3n) is 2.97. The molecule has 104 valence electrons. The van der Waals surface area contributed by atoms with Crippen molar-refractivity contribution in [2.24, 2.45) is 0 Å². The molecule has 1 heterocycles. The van der Waals surface area contributed by atoms with E-state index in [2.05, 4.69) is 15.9 Å². The van der Waals surface area contributed by atoms with E-state index >= 15 is 0 Å². The average molecular weight is 338 g/mol. The largest absolute Gasteiger partial charge is 0.416 e. The summed E-state index contributed by atoms with van der Waals surface area (Å²) in [5.41, 5.74) is -0.900. The molecule has 1 amide bonds. The Labute approximate surface area is 116 Å². The second kappa shape index (κ2) is 5.13. The van der Waals surface area contributed by atoms with Gasteiger partial charge in [0.2, 0.25) is 0 Å². The summed E-state index contributed by atoms with van der Waals surface area (Å²) in [5, 5.41) is 9.36. The number of aliphatic hydroxyl groups excluding tert-OH is 1. The summed E-state index contributed by atoms with van der Waals surface area (Å²) in [7, 11) is 0. The lowest BCUT2D eigenvalue weighted by atomic mass is 10.1. The SMILES string of the molecule is O=C(c1cc(C(F)(F)F)ccc1Br)N1CC[C@@H](O)C1. The number of alkyl halides is 3. The Hall–Kier alpha value is -1.08. The lowest BCUT2D eigenvalue weighted by Crippen LogP contribution is -2.30. The third kappa shape index (κ3) is 3.09. The molecule has 0 aliphatic carbocycles. The van der Waals surface area contributed by atoms with Crippen LogP contribution in [-0.4, -0.2) is 35.1 Å². The van der Waals surface area contributed by atoms with Crippen LogP contribution in [0.5, 0.6) is 0 Å². The zero-order valence-corrected chi connectivity index (χ0v) is 11.3. The van der Waals surface area contributed by atoms with Gasteiger partial charge in [0, 0.05) is 17.6 Å². The number of β-amino-alcohol motifs (C(OH)–C–C–N with tert-alkyl or cyclic N) is 1. The molecule has 0 unspecified atom stereocenters. The van der Waals surface area contributed by atoms with E-state index in [1.54, 1.807) is 0 Å². The van der Waals surface area contributed by atoms with Crippen LogP contribution in [-0.2, 0) is 6.18 Å². The van der Waals surface area contributed by atoms with Crippen LogP contribution in [0.25, 0.3) is 0 Å². The van der Waals surface area contributed by atoms with E-state index in [9.17, 15) is 23.1 Å². The minimum Gasteiger partial charge on any atom is -0.391 e. The van der Waals surface area contributed by atoms with Crippen molar-refractivity contribution in [1.29, 1.82) is 0 Å². The number of carbonyl (C=O) groups is 1. The van der Waals surface area contributed by atoms with Gasteiger partial charge in [-0.2, -0.15) is 13.2 Å². The third-order valence-corrected chi connectivity index (χ3v) is 3.67. The predicted octanol–water partition coefficient (Wildman–Crippen LogP) is 2.67. The van der Waals surface area contributed by atoms with Crippen LogP contribution in [0.3, 0.4) is 0 Å². The summed E-state index contributed by atoms with van der Waals surface area (Å²) in [5.74, 6) is -0.505. The van der Waals surface area contributed by atoms with Crippen LogP contribution in [0.15, 0.2) is 22.7 Å². The van der Waals surface area contributed by atoms with Crippen molar-refractivity contribution in [2.45, 2.75) is 18.7 Å². The number of carbonyl (C=O) groups excluding carboxylic acids is 1. The maximum absolute atomic E-state index is 12.6. The number of benzene rings is 1. The Morgan fingerprint density at radius 3 is 2.63 bits per heavy atom. The minimum absolute atomic E-state index is 0.0380. The zero-order chi connectivity index (χ0) is 14.2. The van der Waals surface area contributed by atoms with Crippen molar-refractivity contribution in [1.82, 2.24) is 4.90 Å². The highest BCUT2D eigenvalue weighted by molar-refractivity contribution is 9.10. The Kier molecular flexibility index (Phi) is 3.87. The fraction of sp³-hybridized carbons (Fsp3) is 0.417. The minimum atomic E-state index is -4.49. The van der Waals surface area contributed by atoms with Gasteiger partial charge in [0.15, 0.2) is 0 Å². The number of nitrogens with zero attached hydrogens (tertiary/aromatic N) is 1. The molecule has 0 aromatic heterocycles. The molecule has 1 N–H and O–H groups in total. The van der Waals surface area contributed by atoms with Crippen LogP contribution in [0.1, 0.15) is 22.3 Å². The molecular weight excluding hydrogens is 327 g/mol. The topological polar surface area (TPSA) is 40.5 Å². The smallest absolute Gasteiger partial charge is 0.391 e. The molecule has 0 saturated carbocycles. The van der Waals surface area contributed by atoms with Crippen molar-refractivity contribution in [3.8, 4) is 0 Å². The number of aliphatic hydroxyl groups is 1. The van der Waals surface area contributed by atoms with Crippen LogP contribution in [0.4, 0.5) is 13.2 Å². The van der Waals surface area contributed by atoms with Gasteiger partial charge in [-0.3, -0.25) is 4.79 Å². The second-order valence-electron chi connectivity index (χ2n) is 4.39. The molecule has 1 fully saturated rings. The van der Waals surface area contributed by atoms with Crippen LogP contribution in [0.2, 0.25) is 0 Å². The molecular formula is C12H11BrF3NO2. The van der Waals surface area contributed by atoms with Gasteiger partial charge >= 0.3 is 6.18 Å². The van der Waals surface area contributed by atoms with E-state index in [0.717, 1.165) is 12.1 Å². The monoisotopic (exact) mass is 337 g/mol. The van der Waals surface area contributed by atoms with Crippen LogP contribution >= 0.6 is 15.9 Å². The average Bonchev–Trinajstić information content (AvgIpc) is 2.74. The van der Waals surface area contributed by atoms with E-state index < -0.39 is 23.8 Å². The van der Waals surface area contributed by atoms with E-state index in [1.807, 2.05) is 0 Å². The standard InChI is InChI=1S/C12H11BrF3NO2/c13-10-2-1-7(12(14,15)16)5-9(10)11(19)17-4-3-8(18)6-17/h1-2,5,8,18H,3-4,6H2/t8-/m1/s1. The van der Waals surface area contributed by atoms with Crippen molar-refractivity contribution < 1.29 is 23.1 Å². The summed E-state index contributed by atoms with van der Waals surface area (Å²) in [6.07, 6.45) is -4.64. The maximum Gasteiger partial charge on any atom is 0.416 e. The number of hydrogen-bond donors (Lipinski definition) is 1. The molecule has 3 nitrogen and oxygen atoms in total. The summed E-state index contributed by atoms with van der Waals surface area (Å²) < 4.78 is 38.2. The quantitative estimate of drug-likeness (QED) is 0.855. The lowest BCUT2D eigenvalue weighted by Gasteiger charge is -2.17. The van der Waals surface area contributed by atoms with Gasteiger partial charge in [-0.15, -0.1) is 0 Å². The molecule has 1 aromatic rings. The highest BCUT2D eigenvalue weighted by Gasteiger charge is 2.33. The van der Waals surface area contributed by atoms with E-state index in [4.69, 9.17) is 0 Å². The molecule has 1 saturated heterocycles. The first-order valence-corrected chi connectivity index (χ1v) is 6.42.